The molecule has 0 bridgehead atoms. The number of ether oxygens (including phenoxy) is 1. The smallest absolute Gasteiger partial charge is 0.229 e. The molecule has 0 radical (unpaired) electrons. The quantitative estimate of drug-likeness (QED) is 0.392. The van der Waals surface area contributed by atoms with Gasteiger partial charge in [-0.15, -0.1) is 0 Å². The minimum atomic E-state index is 0.316. The number of carbonyl (C=O) groups is 1. The van der Waals surface area contributed by atoms with E-state index in [0.29, 0.717) is 29.6 Å². The average Bonchev–Trinajstić information content (AvgIpc) is 2.87. The van der Waals surface area contributed by atoms with Gasteiger partial charge in [-0.1, -0.05) is 30.3 Å². The zero-order valence-corrected chi connectivity index (χ0v) is 19.7. The van der Waals surface area contributed by atoms with Crippen molar-refractivity contribution in [2.75, 3.05) is 55.9 Å². The molecule has 1 aliphatic heterocycles. The van der Waals surface area contributed by atoms with Crippen LogP contribution in [0.4, 0.5) is 28.8 Å². The maximum absolute atomic E-state index is 11.2. The fourth-order valence-corrected chi connectivity index (χ4v) is 3.77. The Kier molecular flexibility index (Phi) is 7.34. The number of aliphatic imine (C=N–C) groups is 1. The maximum Gasteiger partial charge on any atom is 0.229 e. The molecule has 3 aromatic rings. The van der Waals surface area contributed by atoms with Crippen LogP contribution < -0.4 is 20.3 Å². The Labute approximate surface area is 199 Å². The van der Waals surface area contributed by atoms with Gasteiger partial charge in [0.1, 0.15) is 11.4 Å². The third kappa shape index (κ3) is 5.49. The molecule has 9 heteroatoms. The van der Waals surface area contributed by atoms with Gasteiger partial charge in [-0.2, -0.15) is 4.98 Å². The fourth-order valence-electron chi connectivity index (χ4n) is 3.77. The van der Waals surface area contributed by atoms with Gasteiger partial charge in [0.25, 0.3) is 0 Å². The molecule has 0 atom stereocenters. The Hall–Kier alpha value is -3.98. The number of nitrogens with zero attached hydrogens (tertiary/aromatic N) is 5. The summed E-state index contributed by atoms with van der Waals surface area (Å²) in [4.78, 5) is 29.3. The average molecular weight is 460 g/mol. The van der Waals surface area contributed by atoms with E-state index in [4.69, 9.17) is 4.74 Å². The first-order valence-electron chi connectivity index (χ1n) is 11.1. The van der Waals surface area contributed by atoms with Gasteiger partial charge in [0.15, 0.2) is 5.82 Å². The van der Waals surface area contributed by atoms with Gasteiger partial charge in [0.05, 0.1) is 19.0 Å². The number of carbonyl (C=O) groups excluding carboxylic acids is 1. The molecule has 2 heterocycles. The van der Waals surface area contributed by atoms with Gasteiger partial charge in [0, 0.05) is 43.6 Å². The molecule has 34 heavy (non-hydrogen) atoms. The summed E-state index contributed by atoms with van der Waals surface area (Å²) in [6.07, 6.45) is 2.16. The van der Waals surface area contributed by atoms with Crippen molar-refractivity contribution in [1.82, 2.24) is 14.9 Å². The first kappa shape index (κ1) is 23.2. The number of rotatable bonds is 8. The molecule has 0 unspecified atom stereocenters. The predicted molar refractivity (Wildman–Crippen MR) is 136 cm³/mol. The number of methoxy groups -OCH3 is 1. The fraction of sp³-hybridized carbons (Fsp3) is 0.280. The third-order valence-electron chi connectivity index (χ3n) is 5.74. The highest BCUT2D eigenvalue weighted by Crippen LogP contribution is 2.33. The zero-order chi connectivity index (χ0) is 23.9. The van der Waals surface area contributed by atoms with Crippen LogP contribution in [0, 0.1) is 0 Å². The molecule has 1 amide bonds. The molecule has 0 saturated carbocycles. The highest BCUT2D eigenvalue weighted by Gasteiger charge is 2.16. The normalized spacial score (nSPS) is 14.6. The van der Waals surface area contributed by atoms with Crippen molar-refractivity contribution >= 4 is 41.0 Å². The van der Waals surface area contributed by atoms with Crippen molar-refractivity contribution in [3.8, 4) is 5.75 Å². The van der Waals surface area contributed by atoms with Crippen molar-refractivity contribution in [1.29, 1.82) is 0 Å². The second-order valence-corrected chi connectivity index (χ2v) is 8.05. The van der Waals surface area contributed by atoms with Crippen LogP contribution in [0.2, 0.25) is 0 Å². The lowest BCUT2D eigenvalue weighted by Crippen LogP contribution is -2.44. The Balaban J connectivity index is 1.56. The van der Waals surface area contributed by atoms with Crippen LogP contribution in [0.5, 0.6) is 5.75 Å². The van der Waals surface area contributed by atoms with Crippen LogP contribution in [0.3, 0.4) is 0 Å². The number of piperazine rings is 1. The van der Waals surface area contributed by atoms with E-state index in [1.165, 1.54) is 0 Å². The number of aromatic nitrogens is 2. The molecule has 2 aromatic carbocycles. The van der Waals surface area contributed by atoms with E-state index in [9.17, 15) is 4.79 Å². The van der Waals surface area contributed by atoms with Gasteiger partial charge in [-0.3, -0.25) is 4.79 Å². The molecule has 9 nitrogen and oxygen atoms in total. The molecule has 1 aliphatic rings. The van der Waals surface area contributed by atoms with E-state index in [1.54, 1.807) is 13.3 Å². The second kappa shape index (κ2) is 10.8. The van der Waals surface area contributed by atoms with Crippen molar-refractivity contribution in [3.63, 3.8) is 0 Å². The summed E-state index contributed by atoms with van der Waals surface area (Å²) in [6.45, 7) is 5.91. The summed E-state index contributed by atoms with van der Waals surface area (Å²) in [7, 11) is 3.77. The van der Waals surface area contributed by atoms with Crippen LogP contribution >= 0.6 is 0 Å². The minimum Gasteiger partial charge on any atom is -0.494 e. The van der Waals surface area contributed by atoms with E-state index in [2.05, 4.69) is 48.5 Å². The second-order valence-electron chi connectivity index (χ2n) is 8.05. The standard InChI is InChI=1S/C25H29N7O2/c1-18(19-7-5-4-6-8-19)28-22-16-26-25(30-24(22)27-17-33)29-21-10-9-20(15-23(21)34-3)32-13-11-31(2)12-14-32/h4-10,15-17H,11-14H2,1-3H3,(H2,26,27,29,30,33). The number of nitrogens with one attached hydrogen (secondary N) is 2. The molecule has 1 fully saturated rings. The van der Waals surface area contributed by atoms with Crippen LogP contribution in [0.1, 0.15) is 12.5 Å². The predicted octanol–water partition coefficient (Wildman–Crippen LogP) is 3.69. The lowest BCUT2D eigenvalue weighted by atomic mass is 10.1. The van der Waals surface area contributed by atoms with Crippen molar-refractivity contribution in [2.45, 2.75) is 6.92 Å². The topological polar surface area (TPSA) is 95.0 Å². The molecular weight excluding hydrogens is 430 g/mol. The number of hydrogen-bond acceptors (Lipinski definition) is 8. The molecule has 1 aromatic heterocycles. The van der Waals surface area contributed by atoms with Gasteiger partial charge in [-0.25, -0.2) is 9.98 Å². The highest BCUT2D eigenvalue weighted by molar-refractivity contribution is 6.01. The summed E-state index contributed by atoms with van der Waals surface area (Å²) >= 11 is 0. The van der Waals surface area contributed by atoms with Gasteiger partial charge in [-0.05, 0) is 31.7 Å². The SMILES string of the molecule is COc1cc(N2CCN(C)CC2)ccc1Nc1ncc(N=C(C)c2ccccc2)c(NC=O)n1. The van der Waals surface area contributed by atoms with Gasteiger partial charge >= 0.3 is 0 Å². The molecule has 4 rings (SSSR count). The van der Waals surface area contributed by atoms with Crippen LogP contribution in [0.15, 0.2) is 59.7 Å². The number of benzene rings is 2. The Morgan fingerprint density at radius 3 is 2.59 bits per heavy atom. The monoisotopic (exact) mass is 459 g/mol. The molecular formula is C25H29N7O2. The molecule has 0 aliphatic carbocycles. The maximum atomic E-state index is 11.2. The summed E-state index contributed by atoms with van der Waals surface area (Å²) in [5, 5.41) is 5.82. The third-order valence-corrected chi connectivity index (χ3v) is 5.74. The lowest BCUT2D eigenvalue weighted by Gasteiger charge is -2.34. The largest absolute Gasteiger partial charge is 0.494 e. The Morgan fingerprint density at radius 2 is 1.88 bits per heavy atom. The summed E-state index contributed by atoms with van der Waals surface area (Å²) in [6, 6.07) is 15.8. The van der Waals surface area contributed by atoms with E-state index in [1.807, 2.05) is 49.4 Å². The number of anilines is 4. The Morgan fingerprint density at radius 1 is 1.12 bits per heavy atom. The zero-order valence-electron chi connectivity index (χ0n) is 19.7. The summed E-state index contributed by atoms with van der Waals surface area (Å²) in [5.74, 6) is 1.33. The van der Waals surface area contributed by atoms with E-state index < -0.39 is 0 Å². The van der Waals surface area contributed by atoms with E-state index in [0.717, 1.165) is 48.8 Å². The van der Waals surface area contributed by atoms with Crippen molar-refractivity contribution in [3.05, 3.63) is 60.3 Å². The minimum absolute atomic E-state index is 0.316. The van der Waals surface area contributed by atoms with Crippen LogP contribution in [-0.2, 0) is 4.79 Å². The Bertz CT molecular complexity index is 1160. The van der Waals surface area contributed by atoms with Crippen molar-refractivity contribution < 1.29 is 9.53 Å². The number of hydrogen-bond donors (Lipinski definition) is 2. The number of likely N-dealkylation sites (N-methyl/N-ethyl adjacent to an activating group) is 1. The summed E-state index contributed by atoms with van der Waals surface area (Å²) in [5.41, 5.74) is 4.08. The first-order chi connectivity index (χ1) is 16.6. The van der Waals surface area contributed by atoms with Crippen LogP contribution in [0.25, 0.3) is 0 Å². The van der Waals surface area contributed by atoms with Crippen molar-refractivity contribution in [2.24, 2.45) is 4.99 Å². The molecule has 2 N–H and O–H groups in total. The highest BCUT2D eigenvalue weighted by atomic mass is 16.5. The first-order valence-corrected chi connectivity index (χ1v) is 11.1. The summed E-state index contributed by atoms with van der Waals surface area (Å²) < 4.78 is 5.62. The molecule has 1 saturated heterocycles. The number of amides is 1. The molecule has 176 valence electrons. The van der Waals surface area contributed by atoms with Crippen LogP contribution in [-0.4, -0.2) is 67.3 Å². The van der Waals surface area contributed by atoms with E-state index >= 15 is 0 Å². The van der Waals surface area contributed by atoms with Gasteiger partial charge < -0.3 is 25.2 Å². The lowest BCUT2D eigenvalue weighted by molar-refractivity contribution is -0.105. The van der Waals surface area contributed by atoms with Gasteiger partial charge in [0.2, 0.25) is 12.4 Å². The van der Waals surface area contributed by atoms with E-state index in [-0.39, 0.29) is 0 Å². The molecule has 0 spiro atoms.